The normalized spacial score (nSPS) is 22.5. The van der Waals surface area contributed by atoms with E-state index in [1.807, 2.05) is 18.5 Å². The summed E-state index contributed by atoms with van der Waals surface area (Å²) in [4.78, 5) is 21.6. The summed E-state index contributed by atoms with van der Waals surface area (Å²) in [6.07, 6.45) is 10.5. The topological polar surface area (TPSA) is 114 Å². The first-order chi connectivity index (χ1) is 15.5. The van der Waals surface area contributed by atoms with Gasteiger partial charge in [0.2, 0.25) is 0 Å². The molecule has 3 N–H and O–H groups in total. The predicted molar refractivity (Wildman–Crippen MR) is 127 cm³/mol. The Balaban J connectivity index is 1.44. The Kier molecular flexibility index (Phi) is 5.65. The largest absolute Gasteiger partial charge is 0.382 e. The van der Waals surface area contributed by atoms with Crippen LogP contribution >= 0.6 is 23.4 Å². The number of nitrogens with two attached hydrogens (primary N) is 1. The van der Waals surface area contributed by atoms with Crippen molar-refractivity contribution in [2.75, 3.05) is 30.3 Å². The fourth-order valence-corrected chi connectivity index (χ4v) is 6.01. The van der Waals surface area contributed by atoms with Crippen molar-refractivity contribution >= 4 is 52.1 Å². The van der Waals surface area contributed by atoms with E-state index in [1.54, 1.807) is 18.7 Å². The fraction of sp³-hybridized carbons (Fsp3) is 0.409. The van der Waals surface area contributed by atoms with Gasteiger partial charge in [-0.15, -0.1) is 0 Å². The molecule has 2 fully saturated rings. The lowest BCUT2D eigenvalue weighted by Crippen LogP contribution is -2.45. The summed E-state index contributed by atoms with van der Waals surface area (Å²) in [5.74, 6) is 1.36. The number of fused-ring (bicyclic) bond motifs is 1. The molecular weight excluding hydrogens is 446 g/mol. The number of pyridine rings is 2. The zero-order chi connectivity index (χ0) is 22.3. The molecule has 1 spiro atoms. The van der Waals surface area contributed by atoms with Crippen LogP contribution < -0.4 is 10.6 Å². The van der Waals surface area contributed by atoms with Gasteiger partial charge in [-0.1, -0.05) is 23.4 Å². The Morgan fingerprint density at radius 1 is 1.25 bits per heavy atom. The number of ether oxygens (including phenoxy) is 1. The highest BCUT2D eigenvalue weighted by Crippen LogP contribution is 2.47. The van der Waals surface area contributed by atoms with Crippen LogP contribution in [-0.2, 0) is 4.74 Å². The quantitative estimate of drug-likeness (QED) is 0.549. The minimum atomic E-state index is 0.0534. The Hall–Kier alpha value is -2.49. The van der Waals surface area contributed by atoms with Crippen LogP contribution in [0.4, 0.5) is 11.6 Å². The van der Waals surface area contributed by atoms with Crippen LogP contribution in [0.25, 0.3) is 10.9 Å². The highest BCUT2D eigenvalue weighted by Gasteiger charge is 2.48. The van der Waals surface area contributed by atoms with E-state index in [2.05, 4.69) is 26.8 Å². The van der Waals surface area contributed by atoms with Gasteiger partial charge in [-0.05, 0) is 25.8 Å². The first-order valence-electron chi connectivity index (χ1n) is 10.6. The van der Waals surface area contributed by atoms with Crippen molar-refractivity contribution < 1.29 is 4.74 Å². The van der Waals surface area contributed by atoms with Gasteiger partial charge in [-0.2, -0.15) is 0 Å². The molecule has 10 heteroatoms. The molecule has 2 aliphatic heterocycles. The minimum Gasteiger partial charge on any atom is -0.382 e. The summed E-state index contributed by atoms with van der Waals surface area (Å²) in [5.41, 5.74) is 6.74. The Labute approximate surface area is 195 Å². The van der Waals surface area contributed by atoms with E-state index in [1.165, 1.54) is 11.8 Å². The second-order valence-electron chi connectivity index (χ2n) is 8.40. The lowest BCUT2D eigenvalue weighted by atomic mass is 9.69. The number of halogens is 1. The Morgan fingerprint density at radius 2 is 2.06 bits per heavy atom. The van der Waals surface area contributed by atoms with Gasteiger partial charge in [0.05, 0.1) is 33.5 Å². The first-order valence-corrected chi connectivity index (χ1v) is 11.8. The molecular formula is C22H24ClN7OS. The number of nitrogen functional groups attached to an aromatic ring is 1. The van der Waals surface area contributed by atoms with Crippen LogP contribution in [0.1, 0.15) is 19.8 Å². The lowest BCUT2D eigenvalue weighted by molar-refractivity contribution is 0.0973. The Morgan fingerprint density at radius 3 is 2.84 bits per heavy atom. The summed E-state index contributed by atoms with van der Waals surface area (Å²) in [6.45, 7) is 4.51. The molecule has 0 aromatic carbocycles. The minimum absolute atomic E-state index is 0.0534. The molecule has 2 saturated heterocycles. The summed E-state index contributed by atoms with van der Waals surface area (Å²) in [7, 11) is 0. The maximum atomic E-state index is 7.89. The second-order valence-corrected chi connectivity index (χ2v) is 9.86. The average molecular weight is 470 g/mol. The third kappa shape index (κ3) is 3.58. The molecule has 5 heterocycles. The van der Waals surface area contributed by atoms with Crippen molar-refractivity contribution in [3.63, 3.8) is 0 Å². The van der Waals surface area contributed by atoms with Crippen LogP contribution in [0.2, 0.25) is 5.02 Å². The molecule has 0 unspecified atom stereocenters. The predicted octanol–water partition coefficient (Wildman–Crippen LogP) is 4.08. The second kappa shape index (κ2) is 8.46. The van der Waals surface area contributed by atoms with Crippen molar-refractivity contribution in [2.45, 2.75) is 35.7 Å². The van der Waals surface area contributed by atoms with Crippen LogP contribution in [0, 0.1) is 16.7 Å². The molecule has 2 aliphatic rings. The van der Waals surface area contributed by atoms with Gasteiger partial charge in [0, 0.05) is 54.1 Å². The molecule has 0 amide bonds. The molecule has 3 aromatic heterocycles. The van der Waals surface area contributed by atoms with E-state index >= 15 is 0 Å². The van der Waals surface area contributed by atoms with Crippen LogP contribution in [0.3, 0.4) is 0 Å². The number of hydrogen-bond acceptors (Lipinski definition) is 9. The van der Waals surface area contributed by atoms with Crippen LogP contribution in [-0.4, -0.2) is 52.0 Å². The number of aromatic nitrogens is 4. The van der Waals surface area contributed by atoms with Gasteiger partial charge in [0.15, 0.2) is 0 Å². The number of anilines is 2. The smallest absolute Gasteiger partial charge is 0.143 e. The summed E-state index contributed by atoms with van der Waals surface area (Å²) < 4.78 is 5.92. The van der Waals surface area contributed by atoms with E-state index in [9.17, 15) is 0 Å². The van der Waals surface area contributed by atoms with E-state index in [-0.39, 0.29) is 17.4 Å². The maximum Gasteiger partial charge on any atom is 0.143 e. The van der Waals surface area contributed by atoms with Gasteiger partial charge in [-0.3, -0.25) is 0 Å². The SMILES string of the molecule is C[C@@H]1OCC2(CCN(c3ncc(Sc4ccnc(N)c4Cl)c4ncncc34)CC2)[C@@H]1C=N. The molecule has 0 bridgehead atoms. The van der Waals surface area contributed by atoms with Crippen LogP contribution in [0.15, 0.2) is 40.8 Å². The zero-order valence-corrected chi connectivity index (χ0v) is 19.2. The highest BCUT2D eigenvalue weighted by molar-refractivity contribution is 7.99. The van der Waals surface area contributed by atoms with E-state index in [0.717, 1.165) is 59.0 Å². The standard InChI is InChI=1S/C22H24ClN7OS/c1-13-15(8-24)22(11-31-13)3-6-30(7-4-22)21-14-9-26-12-29-19(14)17(10-28-21)32-16-2-5-27-20(25)18(16)23/h2,5,8-10,12-13,15,24H,3-4,6-7,11H2,1H3,(H2,25,27)/t13-,15+/m0/s1. The highest BCUT2D eigenvalue weighted by atomic mass is 35.5. The van der Waals surface area contributed by atoms with Gasteiger partial charge in [0.1, 0.15) is 18.0 Å². The molecule has 5 rings (SSSR count). The summed E-state index contributed by atoms with van der Waals surface area (Å²) in [6, 6.07) is 1.83. The number of nitrogens with zero attached hydrogens (tertiary/aromatic N) is 5. The maximum absolute atomic E-state index is 7.89. The van der Waals surface area contributed by atoms with Crippen molar-refractivity contribution in [3.05, 3.63) is 36.0 Å². The van der Waals surface area contributed by atoms with Crippen molar-refractivity contribution in [1.82, 2.24) is 19.9 Å². The van der Waals surface area contributed by atoms with Gasteiger partial charge in [0.25, 0.3) is 0 Å². The van der Waals surface area contributed by atoms with Crippen molar-refractivity contribution in [2.24, 2.45) is 11.3 Å². The summed E-state index contributed by atoms with van der Waals surface area (Å²) in [5, 5.41) is 9.23. The molecule has 2 atom stereocenters. The first kappa shape index (κ1) is 21.4. The average Bonchev–Trinajstić information content (AvgIpc) is 3.12. The monoisotopic (exact) mass is 469 g/mol. The van der Waals surface area contributed by atoms with Crippen molar-refractivity contribution in [1.29, 1.82) is 5.41 Å². The van der Waals surface area contributed by atoms with Crippen LogP contribution in [0.5, 0.6) is 0 Å². The molecule has 166 valence electrons. The fourth-order valence-electron chi connectivity index (χ4n) is 4.85. The van der Waals surface area contributed by atoms with E-state index in [0.29, 0.717) is 10.8 Å². The molecule has 32 heavy (non-hydrogen) atoms. The molecule has 0 aliphatic carbocycles. The summed E-state index contributed by atoms with van der Waals surface area (Å²) >= 11 is 7.81. The Bertz CT molecular complexity index is 1170. The number of piperidine rings is 1. The molecule has 0 radical (unpaired) electrons. The van der Waals surface area contributed by atoms with Gasteiger partial charge < -0.3 is 20.8 Å². The number of hydrogen-bond donors (Lipinski definition) is 2. The van der Waals surface area contributed by atoms with E-state index < -0.39 is 0 Å². The molecule has 0 saturated carbocycles. The van der Waals surface area contributed by atoms with E-state index in [4.69, 9.17) is 32.5 Å². The molecule has 8 nitrogen and oxygen atoms in total. The number of nitrogens with one attached hydrogen (secondary N) is 1. The van der Waals surface area contributed by atoms with Crippen molar-refractivity contribution in [3.8, 4) is 0 Å². The lowest BCUT2D eigenvalue weighted by Gasteiger charge is -2.42. The number of rotatable bonds is 4. The van der Waals surface area contributed by atoms with Gasteiger partial charge in [-0.25, -0.2) is 19.9 Å². The third-order valence-electron chi connectivity index (χ3n) is 6.68. The zero-order valence-electron chi connectivity index (χ0n) is 17.7. The molecule has 3 aromatic rings. The third-order valence-corrected chi connectivity index (χ3v) is 8.26. The van der Waals surface area contributed by atoms with Gasteiger partial charge >= 0.3 is 0 Å².